The van der Waals surface area contributed by atoms with Crippen LogP contribution in [0.3, 0.4) is 0 Å². The summed E-state index contributed by atoms with van der Waals surface area (Å²) in [6.45, 7) is 2.85. The molecule has 1 aliphatic heterocycles. The number of sulfonamides is 1. The quantitative estimate of drug-likeness (QED) is 0.864. The van der Waals surface area contributed by atoms with Crippen LogP contribution >= 0.6 is 23.2 Å². The summed E-state index contributed by atoms with van der Waals surface area (Å²) in [6.07, 6.45) is 2.75. The van der Waals surface area contributed by atoms with Gasteiger partial charge in [-0.25, -0.2) is 8.42 Å². The van der Waals surface area contributed by atoms with Crippen molar-refractivity contribution >= 4 is 33.2 Å². The molecule has 1 aromatic carbocycles. The highest BCUT2D eigenvalue weighted by molar-refractivity contribution is 7.89. The Morgan fingerprint density at radius 3 is 2.65 bits per heavy atom. The molecule has 7 heteroatoms. The predicted octanol–water partition coefficient (Wildman–Crippen LogP) is 2.79. The topological polar surface area (TPSA) is 63.4 Å². The monoisotopic (exact) mass is 334 g/mol. The normalized spacial score (nSPS) is 17.1. The van der Waals surface area contributed by atoms with Crippen LogP contribution in [-0.2, 0) is 16.6 Å². The van der Waals surface area contributed by atoms with E-state index in [-0.39, 0.29) is 16.5 Å². The molecule has 0 fully saturated rings. The van der Waals surface area contributed by atoms with Crippen molar-refractivity contribution in [2.24, 2.45) is 5.73 Å². The van der Waals surface area contributed by atoms with Gasteiger partial charge in [-0.1, -0.05) is 34.9 Å². The molecule has 0 amide bonds. The predicted molar refractivity (Wildman–Crippen MR) is 81.5 cm³/mol. The number of halogens is 2. The molecule has 0 aliphatic carbocycles. The molecule has 0 unspecified atom stereocenters. The van der Waals surface area contributed by atoms with Gasteiger partial charge in [0.15, 0.2) is 0 Å². The third-order valence-electron chi connectivity index (χ3n) is 3.27. The zero-order valence-electron chi connectivity index (χ0n) is 11.1. The summed E-state index contributed by atoms with van der Waals surface area (Å²) < 4.78 is 26.8. The summed E-state index contributed by atoms with van der Waals surface area (Å²) in [5.74, 6) is 0. The summed E-state index contributed by atoms with van der Waals surface area (Å²) in [4.78, 5) is 0.0683. The van der Waals surface area contributed by atoms with Gasteiger partial charge in [0.1, 0.15) is 4.90 Å². The molecule has 1 heterocycles. The first kappa shape index (κ1) is 15.8. The van der Waals surface area contributed by atoms with Gasteiger partial charge in [-0.3, -0.25) is 0 Å². The second-order valence-electron chi connectivity index (χ2n) is 4.72. The summed E-state index contributed by atoms with van der Waals surface area (Å²) in [5.41, 5.74) is 7.07. The third-order valence-corrected chi connectivity index (χ3v) is 6.06. The average Bonchev–Trinajstić information content (AvgIpc) is 2.39. The van der Waals surface area contributed by atoms with Gasteiger partial charge in [-0.2, -0.15) is 4.31 Å². The highest BCUT2D eigenvalue weighted by atomic mass is 35.5. The molecule has 0 atom stereocenters. The van der Waals surface area contributed by atoms with E-state index in [1.165, 1.54) is 16.4 Å². The van der Waals surface area contributed by atoms with Crippen LogP contribution < -0.4 is 5.73 Å². The van der Waals surface area contributed by atoms with Gasteiger partial charge in [0.2, 0.25) is 10.0 Å². The van der Waals surface area contributed by atoms with Gasteiger partial charge in [0.25, 0.3) is 0 Å². The molecule has 1 aromatic rings. The van der Waals surface area contributed by atoms with Crippen molar-refractivity contribution in [2.75, 3.05) is 13.1 Å². The standard InChI is InChI=1S/C13H16Cl2N2O2S/c1-9-3-2-6-17(8-9)20(18,19)12-5-4-11(14)10(7-16)13(12)15/h3-5H,2,6-8,16H2,1H3. The van der Waals surface area contributed by atoms with Gasteiger partial charge in [0.05, 0.1) is 5.02 Å². The maximum absolute atomic E-state index is 12.7. The molecule has 4 nitrogen and oxygen atoms in total. The van der Waals surface area contributed by atoms with Crippen molar-refractivity contribution in [2.45, 2.75) is 24.8 Å². The molecular formula is C13H16Cl2N2O2S. The summed E-state index contributed by atoms with van der Waals surface area (Å²) in [5, 5.41) is 0.498. The summed E-state index contributed by atoms with van der Waals surface area (Å²) in [7, 11) is -3.63. The molecule has 0 spiro atoms. The van der Waals surface area contributed by atoms with Crippen LogP contribution in [0.25, 0.3) is 0 Å². The van der Waals surface area contributed by atoms with Crippen LogP contribution in [0.1, 0.15) is 18.9 Å². The van der Waals surface area contributed by atoms with Gasteiger partial charge >= 0.3 is 0 Å². The minimum Gasteiger partial charge on any atom is -0.326 e. The van der Waals surface area contributed by atoms with Crippen LogP contribution in [-0.4, -0.2) is 25.8 Å². The van der Waals surface area contributed by atoms with Crippen LogP contribution in [0.4, 0.5) is 0 Å². The number of rotatable bonds is 3. The van der Waals surface area contributed by atoms with E-state index in [1.54, 1.807) is 0 Å². The van der Waals surface area contributed by atoms with E-state index in [2.05, 4.69) is 0 Å². The lowest BCUT2D eigenvalue weighted by Gasteiger charge is -2.26. The summed E-state index contributed by atoms with van der Waals surface area (Å²) in [6, 6.07) is 2.96. The number of nitrogens with zero attached hydrogens (tertiary/aromatic N) is 1. The van der Waals surface area contributed by atoms with Crippen LogP contribution in [0.5, 0.6) is 0 Å². The Labute approximate surface area is 129 Å². The minimum atomic E-state index is -3.63. The average molecular weight is 335 g/mol. The van der Waals surface area contributed by atoms with Crippen molar-refractivity contribution in [3.63, 3.8) is 0 Å². The van der Waals surface area contributed by atoms with Gasteiger partial charge in [0, 0.05) is 30.2 Å². The highest BCUT2D eigenvalue weighted by Crippen LogP contribution is 2.33. The van der Waals surface area contributed by atoms with E-state index >= 15 is 0 Å². The second kappa shape index (κ2) is 6.03. The molecule has 0 bridgehead atoms. The minimum absolute atomic E-state index is 0.0683. The van der Waals surface area contributed by atoms with Gasteiger partial charge in [-0.15, -0.1) is 0 Å². The Morgan fingerprint density at radius 2 is 2.05 bits per heavy atom. The lowest BCUT2D eigenvalue weighted by atomic mass is 10.2. The number of hydrogen-bond acceptors (Lipinski definition) is 3. The highest BCUT2D eigenvalue weighted by Gasteiger charge is 2.29. The Balaban J connectivity index is 2.48. The fourth-order valence-corrected chi connectivity index (χ4v) is 4.59. The van der Waals surface area contributed by atoms with Crippen molar-refractivity contribution in [1.29, 1.82) is 0 Å². The van der Waals surface area contributed by atoms with Gasteiger partial charge in [-0.05, 0) is 25.5 Å². The molecular weight excluding hydrogens is 319 g/mol. The van der Waals surface area contributed by atoms with Crippen LogP contribution in [0.15, 0.2) is 28.7 Å². The molecule has 1 aliphatic rings. The SMILES string of the molecule is CC1=CCCN(S(=O)(=O)c2ccc(Cl)c(CN)c2Cl)C1. The first-order chi connectivity index (χ1) is 9.37. The Kier molecular flexibility index (Phi) is 4.76. The molecule has 0 aromatic heterocycles. The van der Waals surface area contributed by atoms with E-state index in [1.807, 2.05) is 13.0 Å². The zero-order valence-corrected chi connectivity index (χ0v) is 13.4. The largest absolute Gasteiger partial charge is 0.326 e. The van der Waals surface area contributed by atoms with Gasteiger partial charge < -0.3 is 5.73 Å². The van der Waals surface area contributed by atoms with Crippen LogP contribution in [0, 0.1) is 0 Å². The Bertz CT molecular complexity index is 657. The Morgan fingerprint density at radius 1 is 1.35 bits per heavy atom. The number of benzene rings is 1. The lowest BCUT2D eigenvalue weighted by molar-refractivity contribution is 0.428. The lowest BCUT2D eigenvalue weighted by Crippen LogP contribution is -2.35. The van der Waals surface area contributed by atoms with E-state index in [0.717, 1.165) is 5.57 Å². The molecule has 2 N–H and O–H groups in total. The van der Waals surface area contributed by atoms with E-state index in [4.69, 9.17) is 28.9 Å². The smallest absolute Gasteiger partial charge is 0.244 e. The molecule has 2 rings (SSSR count). The number of hydrogen-bond donors (Lipinski definition) is 1. The fraction of sp³-hybridized carbons (Fsp3) is 0.385. The first-order valence-corrected chi connectivity index (χ1v) is 8.40. The third kappa shape index (κ3) is 2.87. The van der Waals surface area contributed by atoms with E-state index < -0.39 is 10.0 Å². The maximum atomic E-state index is 12.7. The molecule has 0 saturated carbocycles. The van der Waals surface area contributed by atoms with E-state index in [0.29, 0.717) is 30.1 Å². The van der Waals surface area contributed by atoms with Crippen molar-refractivity contribution in [3.05, 3.63) is 39.4 Å². The van der Waals surface area contributed by atoms with E-state index in [9.17, 15) is 8.42 Å². The molecule has 0 radical (unpaired) electrons. The fourth-order valence-electron chi connectivity index (χ4n) is 2.18. The summed E-state index contributed by atoms with van der Waals surface area (Å²) >= 11 is 12.1. The Hall–Kier alpha value is -0.590. The molecule has 110 valence electrons. The maximum Gasteiger partial charge on any atom is 0.244 e. The molecule has 20 heavy (non-hydrogen) atoms. The number of nitrogens with two attached hydrogens (primary N) is 1. The van der Waals surface area contributed by atoms with Crippen molar-refractivity contribution in [3.8, 4) is 0 Å². The van der Waals surface area contributed by atoms with Crippen molar-refractivity contribution in [1.82, 2.24) is 4.31 Å². The zero-order chi connectivity index (χ0) is 14.9. The second-order valence-corrected chi connectivity index (χ2v) is 7.41. The van der Waals surface area contributed by atoms with Crippen molar-refractivity contribution < 1.29 is 8.42 Å². The van der Waals surface area contributed by atoms with Crippen LogP contribution in [0.2, 0.25) is 10.0 Å². The molecule has 0 saturated heterocycles. The first-order valence-electron chi connectivity index (χ1n) is 6.20.